The monoisotopic (exact) mass is 298 g/mol. The van der Waals surface area contributed by atoms with Crippen molar-refractivity contribution in [3.8, 4) is 0 Å². The van der Waals surface area contributed by atoms with Gasteiger partial charge in [0.1, 0.15) is 0 Å². The fourth-order valence-electron chi connectivity index (χ4n) is 2.71. The van der Waals surface area contributed by atoms with Crippen molar-refractivity contribution in [1.29, 1.82) is 0 Å². The minimum absolute atomic E-state index is 0.0410. The maximum absolute atomic E-state index is 11.6. The Kier molecular flexibility index (Phi) is 5.09. The topological polar surface area (TPSA) is 88.3 Å². The summed E-state index contributed by atoms with van der Waals surface area (Å²) in [7, 11) is -3.10. The van der Waals surface area contributed by atoms with Gasteiger partial charge in [-0.1, -0.05) is 6.07 Å². The molecule has 6 nitrogen and oxygen atoms in total. The standard InChI is InChI=1S/C13H22N4O2S/c1-20(18,19)17-8-4-5-11(10-17)9-13(16-14)12-6-2-3-7-15-12/h2-3,6-7,11,13,16H,4-5,8-10,14H2,1H3. The van der Waals surface area contributed by atoms with E-state index in [1.165, 1.54) is 6.26 Å². The number of piperidine rings is 1. The molecule has 0 aromatic carbocycles. The van der Waals surface area contributed by atoms with Gasteiger partial charge in [-0.2, -0.15) is 0 Å². The SMILES string of the molecule is CS(=O)(=O)N1CCCC(CC(NN)c2ccccn2)C1. The van der Waals surface area contributed by atoms with E-state index in [-0.39, 0.29) is 6.04 Å². The van der Waals surface area contributed by atoms with Gasteiger partial charge in [0.25, 0.3) is 0 Å². The summed E-state index contributed by atoms with van der Waals surface area (Å²) in [5, 5.41) is 0. The van der Waals surface area contributed by atoms with Gasteiger partial charge in [-0.25, -0.2) is 12.7 Å². The summed E-state index contributed by atoms with van der Waals surface area (Å²) in [4.78, 5) is 4.31. The van der Waals surface area contributed by atoms with Crippen molar-refractivity contribution in [3.05, 3.63) is 30.1 Å². The number of nitrogens with zero attached hydrogens (tertiary/aromatic N) is 2. The van der Waals surface area contributed by atoms with Crippen LogP contribution in [0.5, 0.6) is 0 Å². The van der Waals surface area contributed by atoms with Crippen molar-refractivity contribution in [1.82, 2.24) is 14.7 Å². The minimum Gasteiger partial charge on any atom is -0.271 e. The van der Waals surface area contributed by atoms with Crippen LogP contribution in [0.4, 0.5) is 0 Å². The third-order valence-electron chi connectivity index (χ3n) is 3.77. The lowest BCUT2D eigenvalue weighted by molar-refractivity contribution is 0.237. The summed E-state index contributed by atoms with van der Waals surface area (Å²) < 4.78 is 24.8. The van der Waals surface area contributed by atoms with E-state index < -0.39 is 10.0 Å². The first-order chi connectivity index (χ1) is 9.50. The number of nitrogens with one attached hydrogen (secondary N) is 1. The molecule has 1 aromatic heterocycles. The van der Waals surface area contributed by atoms with E-state index in [1.807, 2.05) is 18.2 Å². The summed E-state index contributed by atoms with van der Waals surface area (Å²) in [6, 6.07) is 5.68. The molecule has 3 N–H and O–H groups in total. The van der Waals surface area contributed by atoms with Crippen molar-refractivity contribution >= 4 is 10.0 Å². The quantitative estimate of drug-likeness (QED) is 0.615. The molecule has 1 fully saturated rings. The van der Waals surface area contributed by atoms with Gasteiger partial charge < -0.3 is 0 Å². The fraction of sp³-hybridized carbons (Fsp3) is 0.615. The lowest BCUT2D eigenvalue weighted by Crippen LogP contribution is -2.41. The Bertz CT molecular complexity index is 520. The number of aromatic nitrogens is 1. The van der Waals surface area contributed by atoms with E-state index in [4.69, 9.17) is 5.84 Å². The van der Waals surface area contributed by atoms with E-state index >= 15 is 0 Å². The Hall–Kier alpha value is -1.02. The van der Waals surface area contributed by atoms with E-state index in [1.54, 1.807) is 10.5 Å². The molecule has 20 heavy (non-hydrogen) atoms. The average molecular weight is 298 g/mol. The molecule has 112 valence electrons. The first-order valence-corrected chi connectivity index (χ1v) is 8.67. The third kappa shape index (κ3) is 3.99. The smallest absolute Gasteiger partial charge is 0.211 e. The highest BCUT2D eigenvalue weighted by Crippen LogP contribution is 2.27. The van der Waals surface area contributed by atoms with Crippen molar-refractivity contribution in [2.24, 2.45) is 11.8 Å². The largest absolute Gasteiger partial charge is 0.271 e. The van der Waals surface area contributed by atoms with Crippen LogP contribution in [-0.4, -0.2) is 37.1 Å². The summed E-state index contributed by atoms with van der Waals surface area (Å²) in [6.45, 7) is 1.20. The molecule has 1 aromatic rings. The van der Waals surface area contributed by atoms with Crippen molar-refractivity contribution in [3.63, 3.8) is 0 Å². The summed E-state index contributed by atoms with van der Waals surface area (Å²) >= 11 is 0. The molecule has 1 aliphatic heterocycles. The van der Waals surface area contributed by atoms with Crippen molar-refractivity contribution in [2.45, 2.75) is 25.3 Å². The molecule has 0 bridgehead atoms. The van der Waals surface area contributed by atoms with Crippen LogP contribution in [0.25, 0.3) is 0 Å². The van der Waals surface area contributed by atoms with Crippen LogP contribution in [-0.2, 0) is 10.0 Å². The molecule has 0 spiro atoms. The Morgan fingerprint density at radius 3 is 2.95 bits per heavy atom. The Morgan fingerprint density at radius 1 is 1.55 bits per heavy atom. The molecule has 1 saturated heterocycles. The molecule has 7 heteroatoms. The van der Waals surface area contributed by atoms with Gasteiger partial charge in [0.15, 0.2) is 0 Å². The van der Waals surface area contributed by atoms with Gasteiger partial charge in [-0.05, 0) is 37.3 Å². The van der Waals surface area contributed by atoms with Crippen LogP contribution in [0, 0.1) is 5.92 Å². The van der Waals surface area contributed by atoms with Crippen LogP contribution in [0.3, 0.4) is 0 Å². The predicted molar refractivity (Wildman–Crippen MR) is 78.1 cm³/mol. The van der Waals surface area contributed by atoms with Crippen LogP contribution >= 0.6 is 0 Å². The second-order valence-corrected chi connectivity index (χ2v) is 7.32. The molecular formula is C13H22N4O2S. The van der Waals surface area contributed by atoms with Crippen LogP contribution in [0.2, 0.25) is 0 Å². The number of hydrazine groups is 1. The summed E-state index contributed by atoms with van der Waals surface area (Å²) in [5.74, 6) is 5.93. The van der Waals surface area contributed by atoms with Crippen LogP contribution in [0.1, 0.15) is 31.0 Å². The number of sulfonamides is 1. The van der Waals surface area contributed by atoms with E-state index in [0.29, 0.717) is 19.0 Å². The van der Waals surface area contributed by atoms with Gasteiger partial charge in [-0.3, -0.25) is 16.3 Å². The minimum atomic E-state index is -3.10. The molecule has 0 saturated carbocycles. The Balaban J connectivity index is 2.01. The summed E-state index contributed by atoms with van der Waals surface area (Å²) in [5.41, 5.74) is 3.68. The molecule has 2 rings (SSSR count). The highest BCUT2D eigenvalue weighted by Gasteiger charge is 2.28. The first kappa shape index (κ1) is 15.4. The molecule has 0 radical (unpaired) electrons. The average Bonchev–Trinajstić information content (AvgIpc) is 2.45. The maximum Gasteiger partial charge on any atom is 0.211 e. The van der Waals surface area contributed by atoms with Gasteiger partial charge in [-0.15, -0.1) is 0 Å². The number of rotatable bonds is 5. The van der Waals surface area contributed by atoms with Gasteiger partial charge in [0.2, 0.25) is 10.0 Å². The fourth-order valence-corrected chi connectivity index (χ4v) is 3.65. The molecule has 1 aliphatic rings. The number of hydrogen-bond donors (Lipinski definition) is 2. The second-order valence-electron chi connectivity index (χ2n) is 5.34. The predicted octanol–water partition coefficient (Wildman–Crippen LogP) is 0.648. The van der Waals surface area contributed by atoms with Gasteiger partial charge in [0.05, 0.1) is 18.0 Å². The zero-order chi connectivity index (χ0) is 14.6. The molecule has 0 amide bonds. The molecule has 2 unspecified atom stereocenters. The highest BCUT2D eigenvalue weighted by molar-refractivity contribution is 7.88. The number of pyridine rings is 1. The second kappa shape index (κ2) is 6.62. The zero-order valence-corrected chi connectivity index (χ0v) is 12.5. The van der Waals surface area contributed by atoms with E-state index in [0.717, 1.165) is 25.0 Å². The zero-order valence-electron chi connectivity index (χ0n) is 11.7. The first-order valence-electron chi connectivity index (χ1n) is 6.83. The van der Waals surface area contributed by atoms with Crippen LogP contribution in [0.15, 0.2) is 24.4 Å². The normalized spacial score (nSPS) is 22.6. The van der Waals surface area contributed by atoms with Crippen molar-refractivity contribution < 1.29 is 8.42 Å². The van der Waals surface area contributed by atoms with Gasteiger partial charge in [0, 0.05) is 19.3 Å². The molecule has 2 heterocycles. The molecule has 2 atom stereocenters. The highest BCUT2D eigenvalue weighted by atomic mass is 32.2. The molecule has 0 aliphatic carbocycles. The summed E-state index contributed by atoms with van der Waals surface area (Å²) in [6.07, 6.45) is 5.73. The van der Waals surface area contributed by atoms with E-state index in [9.17, 15) is 8.42 Å². The van der Waals surface area contributed by atoms with Crippen LogP contribution < -0.4 is 11.3 Å². The molecular weight excluding hydrogens is 276 g/mol. The maximum atomic E-state index is 11.6. The lowest BCUT2D eigenvalue weighted by Gasteiger charge is -2.32. The Morgan fingerprint density at radius 2 is 2.35 bits per heavy atom. The van der Waals surface area contributed by atoms with Gasteiger partial charge >= 0.3 is 0 Å². The number of hydrogen-bond acceptors (Lipinski definition) is 5. The Labute approximate surface area is 120 Å². The lowest BCUT2D eigenvalue weighted by atomic mass is 9.91. The number of nitrogens with two attached hydrogens (primary N) is 1. The van der Waals surface area contributed by atoms with Crippen molar-refractivity contribution in [2.75, 3.05) is 19.3 Å². The third-order valence-corrected chi connectivity index (χ3v) is 5.04. The van der Waals surface area contributed by atoms with E-state index in [2.05, 4.69) is 10.4 Å².